The molecule has 0 fully saturated rings. The highest BCUT2D eigenvalue weighted by atomic mass is 32.1. The monoisotopic (exact) mass is 202 g/mol. The Morgan fingerprint density at radius 2 is 1.54 bits per heavy atom. The number of hydrogen-bond acceptors (Lipinski definition) is 1. The summed E-state index contributed by atoms with van der Waals surface area (Å²) >= 11 is 4.74. The molecular formula is C12H26S. The zero-order chi connectivity index (χ0) is 10.7. The molecule has 0 spiro atoms. The minimum Gasteiger partial charge on any atom is -0.175 e. The van der Waals surface area contributed by atoms with Crippen LogP contribution >= 0.6 is 12.6 Å². The number of rotatable bonds is 4. The molecule has 0 aliphatic rings. The molecule has 0 aromatic carbocycles. The van der Waals surface area contributed by atoms with Crippen molar-refractivity contribution < 1.29 is 0 Å². The predicted octanol–water partition coefficient (Wildman–Crippen LogP) is 4.55. The highest BCUT2D eigenvalue weighted by Crippen LogP contribution is 2.44. The number of thiol groups is 1. The van der Waals surface area contributed by atoms with Gasteiger partial charge in [0.2, 0.25) is 0 Å². The largest absolute Gasteiger partial charge is 0.175 e. The van der Waals surface area contributed by atoms with Gasteiger partial charge in [-0.3, -0.25) is 0 Å². The molecule has 0 aliphatic carbocycles. The van der Waals surface area contributed by atoms with Crippen LogP contribution in [0.5, 0.6) is 0 Å². The second kappa shape index (κ2) is 4.72. The van der Waals surface area contributed by atoms with E-state index in [2.05, 4.69) is 41.5 Å². The van der Waals surface area contributed by atoms with Crippen molar-refractivity contribution in [3.8, 4) is 0 Å². The van der Waals surface area contributed by atoms with Crippen molar-refractivity contribution in [1.82, 2.24) is 0 Å². The molecule has 80 valence electrons. The molecule has 0 amide bonds. The van der Waals surface area contributed by atoms with Gasteiger partial charge in [-0.1, -0.05) is 54.4 Å². The van der Waals surface area contributed by atoms with Gasteiger partial charge in [0.05, 0.1) is 0 Å². The molecule has 13 heavy (non-hydrogen) atoms. The molecule has 0 radical (unpaired) electrons. The molecule has 0 bridgehead atoms. The highest BCUT2D eigenvalue weighted by molar-refractivity contribution is 7.81. The van der Waals surface area contributed by atoms with Gasteiger partial charge in [-0.2, -0.15) is 12.6 Å². The third-order valence-corrected chi connectivity index (χ3v) is 4.50. The van der Waals surface area contributed by atoms with Gasteiger partial charge in [0.15, 0.2) is 0 Å². The van der Waals surface area contributed by atoms with Crippen LogP contribution in [0.1, 0.15) is 60.8 Å². The summed E-state index contributed by atoms with van der Waals surface area (Å²) in [5.74, 6) is 0. The van der Waals surface area contributed by atoms with Crippen LogP contribution in [0.15, 0.2) is 0 Å². The number of unbranched alkanes of at least 4 members (excludes halogenated alkanes) is 1. The fourth-order valence-electron chi connectivity index (χ4n) is 1.26. The quantitative estimate of drug-likeness (QED) is 0.635. The van der Waals surface area contributed by atoms with E-state index in [1.165, 1.54) is 19.3 Å². The van der Waals surface area contributed by atoms with Gasteiger partial charge >= 0.3 is 0 Å². The van der Waals surface area contributed by atoms with Crippen molar-refractivity contribution in [2.45, 2.75) is 66.1 Å². The first-order chi connectivity index (χ1) is 5.73. The van der Waals surface area contributed by atoms with Crippen LogP contribution in [-0.2, 0) is 0 Å². The van der Waals surface area contributed by atoms with E-state index in [0.717, 1.165) is 0 Å². The van der Waals surface area contributed by atoms with E-state index >= 15 is 0 Å². The molecule has 0 nitrogen and oxygen atoms in total. The average Bonchev–Trinajstić information content (AvgIpc) is 1.97. The van der Waals surface area contributed by atoms with Crippen LogP contribution in [-0.4, -0.2) is 5.25 Å². The van der Waals surface area contributed by atoms with Gasteiger partial charge in [0.1, 0.15) is 0 Å². The zero-order valence-electron chi connectivity index (χ0n) is 10.1. The first-order valence-electron chi connectivity index (χ1n) is 5.41. The Balaban J connectivity index is 4.27. The standard InChI is InChI=1S/C12H26S/c1-7-8-9-10(13)12(5,6)11(2,3)4/h10,13H,7-9H2,1-6H3. The summed E-state index contributed by atoms with van der Waals surface area (Å²) in [6.45, 7) is 13.8. The predicted molar refractivity (Wildman–Crippen MR) is 65.5 cm³/mol. The second-order valence-electron chi connectivity index (χ2n) is 5.63. The maximum Gasteiger partial charge on any atom is 0.00729 e. The van der Waals surface area contributed by atoms with Crippen LogP contribution < -0.4 is 0 Å². The van der Waals surface area contributed by atoms with Crippen LogP contribution in [0.2, 0.25) is 0 Å². The molecule has 1 heteroatoms. The molecule has 0 rings (SSSR count). The van der Waals surface area contributed by atoms with E-state index < -0.39 is 0 Å². The van der Waals surface area contributed by atoms with Crippen LogP contribution in [0.25, 0.3) is 0 Å². The lowest BCUT2D eigenvalue weighted by Crippen LogP contribution is -2.38. The smallest absolute Gasteiger partial charge is 0.00729 e. The van der Waals surface area contributed by atoms with Gasteiger partial charge in [-0.15, -0.1) is 0 Å². The first kappa shape index (κ1) is 13.4. The molecule has 0 saturated heterocycles. The fourth-order valence-corrected chi connectivity index (χ4v) is 1.83. The normalized spacial score (nSPS) is 15.9. The summed E-state index contributed by atoms with van der Waals surface area (Å²) in [7, 11) is 0. The Morgan fingerprint density at radius 3 is 1.85 bits per heavy atom. The zero-order valence-corrected chi connectivity index (χ0v) is 11.0. The molecule has 0 aromatic rings. The molecule has 0 heterocycles. The van der Waals surface area contributed by atoms with Gasteiger partial charge < -0.3 is 0 Å². The number of hydrogen-bond donors (Lipinski definition) is 1. The minimum atomic E-state index is 0.311. The first-order valence-corrected chi connectivity index (χ1v) is 5.93. The van der Waals surface area contributed by atoms with Crippen molar-refractivity contribution >= 4 is 12.6 Å². The summed E-state index contributed by atoms with van der Waals surface area (Å²) in [5, 5.41) is 0.521. The van der Waals surface area contributed by atoms with E-state index in [9.17, 15) is 0 Å². The summed E-state index contributed by atoms with van der Waals surface area (Å²) in [6.07, 6.45) is 3.81. The highest BCUT2D eigenvalue weighted by Gasteiger charge is 2.37. The van der Waals surface area contributed by atoms with E-state index in [1.807, 2.05) is 0 Å². The van der Waals surface area contributed by atoms with E-state index in [0.29, 0.717) is 16.1 Å². The third kappa shape index (κ3) is 3.53. The molecule has 0 aliphatic heterocycles. The Labute approximate surface area is 89.9 Å². The molecule has 0 N–H and O–H groups in total. The van der Waals surface area contributed by atoms with E-state index in [4.69, 9.17) is 12.6 Å². The summed E-state index contributed by atoms with van der Waals surface area (Å²) in [4.78, 5) is 0. The molecule has 0 aromatic heterocycles. The van der Waals surface area contributed by atoms with Crippen LogP contribution in [0.4, 0.5) is 0 Å². The topological polar surface area (TPSA) is 0 Å². The van der Waals surface area contributed by atoms with Gasteiger partial charge in [0, 0.05) is 5.25 Å². The molecule has 1 atom stereocenters. The van der Waals surface area contributed by atoms with Crippen molar-refractivity contribution in [2.24, 2.45) is 10.8 Å². The lowest BCUT2D eigenvalue weighted by molar-refractivity contribution is 0.124. The Bertz CT molecular complexity index is 142. The van der Waals surface area contributed by atoms with Gasteiger partial charge in [-0.25, -0.2) is 0 Å². The lowest BCUT2D eigenvalue weighted by atomic mass is 9.66. The van der Waals surface area contributed by atoms with Crippen molar-refractivity contribution in [3.05, 3.63) is 0 Å². The fraction of sp³-hybridized carbons (Fsp3) is 1.00. The molecular weight excluding hydrogens is 176 g/mol. The maximum absolute atomic E-state index is 4.74. The Hall–Kier alpha value is 0.350. The van der Waals surface area contributed by atoms with Crippen molar-refractivity contribution in [3.63, 3.8) is 0 Å². The second-order valence-corrected chi connectivity index (χ2v) is 6.25. The van der Waals surface area contributed by atoms with Crippen molar-refractivity contribution in [1.29, 1.82) is 0 Å². The summed E-state index contributed by atoms with van der Waals surface area (Å²) in [6, 6.07) is 0. The Kier molecular flexibility index (Phi) is 4.85. The lowest BCUT2D eigenvalue weighted by Gasteiger charge is -2.43. The third-order valence-electron chi connectivity index (χ3n) is 3.60. The van der Waals surface area contributed by atoms with Crippen LogP contribution in [0, 0.1) is 10.8 Å². The SMILES string of the molecule is CCCCC(S)C(C)(C)C(C)(C)C. The average molecular weight is 202 g/mol. The Morgan fingerprint density at radius 1 is 1.08 bits per heavy atom. The molecule has 1 unspecified atom stereocenters. The maximum atomic E-state index is 4.74. The summed E-state index contributed by atoms with van der Waals surface area (Å²) in [5.41, 5.74) is 0.651. The van der Waals surface area contributed by atoms with E-state index in [1.54, 1.807) is 0 Å². The van der Waals surface area contributed by atoms with Crippen molar-refractivity contribution in [2.75, 3.05) is 0 Å². The van der Waals surface area contributed by atoms with Crippen LogP contribution in [0.3, 0.4) is 0 Å². The minimum absolute atomic E-state index is 0.311. The van der Waals surface area contributed by atoms with Gasteiger partial charge in [0.25, 0.3) is 0 Å². The van der Waals surface area contributed by atoms with Gasteiger partial charge in [-0.05, 0) is 17.3 Å². The van der Waals surface area contributed by atoms with E-state index in [-0.39, 0.29) is 0 Å². The summed E-state index contributed by atoms with van der Waals surface area (Å²) < 4.78 is 0. The molecule has 0 saturated carbocycles.